The number of carbonyl (C=O) groups excluding carboxylic acids is 1. The standard InChI is InChI=1S/C21H16Cl2FNO4/c1-28-8-2-7-25-18(11-3-5-14(22)15(23)9-11)17-19(26)13-10-12(24)4-6-16(13)29-20(17)21(25)27/h3-6,9-10,18H,2,7-8H2,1H3. The lowest BCUT2D eigenvalue weighted by Gasteiger charge is -2.25. The molecule has 1 aliphatic rings. The summed E-state index contributed by atoms with van der Waals surface area (Å²) in [4.78, 5) is 27.9. The van der Waals surface area contributed by atoms with Gasteiger partial charge in [0.2, 0.25) is 5.76 Å². The van der Waals surface area contributed by atoms with Gasteiger partial charge >= 0.3 is 0 Å². The largest absolute Gasteiger partial charge is 0.450 e. The Labute approximate surface area is 175 Å². The van der Waals surface area contributed by atoms with Crippen LogP contribution in [0, 0.1) is 5.82 Å². The van der Waals surface area contributed by atoms with Gasteiger partial charge in [0.15, 0.2) is 5.43 Å². The van der Waals surface area contributed by atoms with Gasteiger partial charge in [0, 0.05) is 20.3 Å². The zero-order valence-corrected chi connectivity index (χ0v) is 16.9. The van der Waals surface area contributed by atoms with Crippen LogP contribution in [0.2, 0.25) is 10.0 Å². The van der Waals surface area contributed by atoms with Gasteiger partial charge in [-0.2, -0.15) is 0 Å². The number of rotatable bonds is 5. The van der Waals surface area contributed by atoms with Gasteiger partial charge in [-0.3, -0.25) is 9.59 Å². The molecule has 0 saturated heterocycles. The van der Waals surface area contributed by atoms with Crippen LogP contribution >= 0.6 is 23.2 Å². The van der Waals surface area contributed by atoms with E-state index in [-0.39, 0.29) is 22.3 Å². The Kier molecular flexibility index (Phi) is 5.34. The number of halogens is 3. The van der Waals surface area contributed by atoms with E-state index in [0.717, 1.165) is 6.07 Å². The van der Waals surface area contributed by atoms with Crippen LogP contribution in [0.5, 0.6) is 0 Å². The Bertz CT molecular complexity index is 1180. The van der Waals surface area contributed by atoms with Gasteiger partial charge < -0.3 is 14.1 Å². The van der Waals surface area contributed by atoms with Crippen molar-refractivity contribution >= 4 is 40.1 Å². The smallest absolute Gasteiger partial charge is 0.290 e. The van der Waals surface area contributed by atoms with Crippen molar-refractivity contribution in [2.75, 3.05) is 20.3 Å². The van der Waals surface area contributed by atoms with Gasteiger partial charge in [0.1, 0.15) is 11.4 Å². The van der Waals surface area contributed by atoms with E-state index < -0.39 is 23.2 Å². The predicted octanol–water partition coefficient (Wildman–Crippen LogP) is 4.82. The van der Waals surface area contributed by atoms with Crippen molar-refractivity contribution in [3.8, 4) is 0 Å². The van der Waals surface area contributed by atoms with Crippen LogP contribution in [0.15, 0.2) is 45.6 Å². The van der Waals surface area contributed by atoms with E-state index in [2.05, 4.69) is 0 Å². The molecule has 0 radical (unpaired) electrons. The molecule has 0 bridgehead atoms. The van der Waals surface area contributed by atoms with Gasteiger partial charge in [-0.1, -0.05) is 29.3 Å². The zero-order valence-electron chi connectivity index (χ0n) is 15.4. The maximum atomic E-state index is 13.7. The summed E-state index contributed by atoms with van der Waals surface area (Å²) in [5.41, 5.74) is 0.505. The minimum absolute atomic E-state index is 0.0393. The van der Waals surface area contributed by atoms with Crippen molar-refractivity contribution in [1.29, 1.82) is 0 Å². The number of hydrogen-bond acceptors (Lipinski definition) is 4. The molecule has 8 heteroatoms. The molecule has 150 valence electrons. The highest BCUT2D eigenvalue weighted by atomic mass is 35.5. The third-order valence-electron chi connectivity index (χ3n) is 4.93. The van der Waals surface area contributed by atoms with E-state index in [1.165, 1.54) is 12.1 Å². The lowest BCUT2D eigenvalue weighted by molar-refractivity contribution is 0.0708. The van der Waals surface area contributed by atoms with Gasteiger partial charge in [-0.15, -0.1) is 0 Å². The number of benzene rings is 2. The second kappa shape index (κ2) is 7.78. The second-order valence-electron chi connectivity index (χ2n) is 6.74. The monoisotopic (exact) mass is 435 g/mol. The Morgan fingerprint density at radius 1 is 1.14 bits per heavy atom. The summed E-state index contributed by atoms with van der Waals surface area (Å²) in [6, 6.07) is 7.87. The Morgan fingerprint density at radius 2 is 1.93 bits per heavy atom. The fraction of sp³-hybridized carbons (Fsp3) is 0.238. The highest BCUT2D eigenvalue weighted by molar-refractivity contribution is 6.42. The Balaban J connectivity index is 1.93. The Hall–Kier alpha value is -2.41. The maximum absolute atomic E-state index is 13.7. The summed E-state index contributed by atoms with van der Waals surface area (Å²) in [6.45, 7) is 0.786. The molecule has 29 heavy (non-hydrogen) atoms. The van der Waals surface area contributed by atoms with Crippen LogP contribution in [0.3, 0.4) is 0 Å². The van der Waals surface area contributed by atoms with Crippen LogP contribution in [-0.2, 0) is 4.74 Å². The predicted molar refractivity (Wildman–Crippen MR) is 108 cm³/mol. The number of amides is 1. The molecule has 0 fully saturated rings. The second-order valence-corrected chi connectivity index (χ2v) is 7.55. The van der Waals surface area contributed by atoms with E-state index in [1.54, 1.807) is 30.2 Å². The molecule has 2 heterocycles. The van der Waals surface area contributed by atoms with Crippen LogP contribution in [0.4, 0.5) is 4.39 Å². The molecule has 1 amide bonds. The summed E-state index contributed by atoms with van der Waals surface area (Å²) in [5.74, 6) is -1.00. The third-order valence-corrected chi connectivity index (χ3v) is 5.67. The summed E-state index contributed by atoms with van der Waals surface area (Å²) < 4.78 is 24.6. The molecule has 1 atom stereocenters. The molecule has 0 saturated carbocycles. The van der Waals surface area contributed by atoms with E-state index in [1.807, 2.05) is 0 Å². The molecule has 1 aliphatic heterocycles. The van der Waals surface area contributed by atoms with E-state index in [4.69, 9.17) is 32.4 Å². The fourth-order valence-corrected chi connectivity index (χ4v) is 3.94. The molecule has 2 aromatic carbocycles. The minimum atomic E-state index is -0.715. The number of nitrogens with zero attached hydrogens (tertiary/aromatic N) is 1. The van der Waals surface area contributed by atoms with E-state index >= 15 is 0 Å². The van der Waals surface area contributed by atoms with Crippen molar-refractivity contribution in [2.45, 2.75) is 12.5 Å². The highest BCUT2D eigenvalue weighted by Crippen LogP contribution is 2.39. The SMILES string of the molecule is COCCCN1C(=O)c2oc3ccc(F)cc3c(=O)c2C1c1ccc(Cl)c(Cl)c1. The average Bonchev–Trinajstić information content (AvgIpc) is 2.97. The quantitative estimate of drug-likeness (QED) is 0.539. The molecule has 0 spiro atoms. The van der Waals surface area contributed by atoms with E-state index in [9.17, 15) is 14.0 Å². The van der Waals surface area contributed by atoms with Gasteiger partial charge in [-0.25, -0.2) is 4.39 Å². The molecule has 5 nitrogen and oxygen atoms in total. The fourth-order valence-electron chi connectivity index (χ4n) is 3.63. The normalized spacial score (nSPS) is 15.9. The first-order valence-electron chi connectivity index (χ1n) is 8.93. The molecule has 1 aromatic heterocycles. The number of fused-ring (bicyclic) bond motifs is 2. The van der Waals surface area contributed by atoms with Crippen molar-refractivity contribution in [3.63, 3.8) is 0 Å². The molecule has 3 aromatic rings. The van der Waals surface area contributed by atoms with Crippen LogP contribution < -0.4 is 5.43 Å². The summed E-state index contributed by atoms with van der Waals surface area (Å²) in [6.07, 6.45) is 0.566. The minimum Gasteiger partial charge on any atom is -0.450 e. The zero-order chi connectivity index (χ0) is 20.7. The average molecular weight is 436 g/mol. The number of ether oxygens (including phenoxy) is 1. The molecule has 0 N–H and O–H groups in total. The lowest BCUT2D eigenvalue weighted by Crippen LogP contribution is -2.31. The molecule has 1 unspecified atom stereocenters. The number of hydrogen-bond donors (Lipinski definition) is 0. The summed E-state index contributed by atoms with van der Waals surface area (Å²) in [7, 11) is 1.57. The van der Waals surface area contributed by atoms with Crippen LogP contribution in [0.25, 0.3) is 11.0 Å². The first kappa shape index (κ1) is 19.9. The first-order chi connectivity index (χ1) is 13.9. The topological polar surface area (TPSA) is 59.8 Å². The Morgan fingerprint density at radius 3 is 2.66 bits per heavy atom. The van der Waals surface area contributed by atoms with Crippen molar-refractivity contribution < 1.29 is 18.3 Å². The summed E-state index contributed by atoms with van der Waals surface area (Å²) in [5, 5.41) is 0.747. The number of carbonyl (C=O) groups is 1. The number of methoxy groups -OCH3 is 1. The van der Waals surface area contributed by atoms with Gasteiger partial charge in [-0.05, 0) is 42.3 Å². The molecule has 4 rings (SSSR count). The molecular weight excluding hydrogens is 420 g/mol. The lowest BCUT2D eigenvalue weighted by atomic mass is 9.98. The maximum Gasteiger partial charge on any atom is 0.290 e. The van der Waals surface area contributed by atoms with Crippen molar-refractivity contribution in [2.24, 2.45) is 0 Å². The van der Waals surface area contributed by atoms with Crippen molar-refractivity contribution in [3.05, 3.63) is 79.4 Å². The van der Waals surface area contributed by atoms with Crippen molar-refractivity contribution in [1.82, 2.24) is 4.90 Å². The first-order valence-corrected chi connectivity index (χ1v) is 9.69. The highest BCUT2D eigenvalue weighted by Gasteiger charge is 2.42. The molecule has 0 aliphatic carbocycles. The van der Waals surface area contributed by atoms with Crippen LogP contribution in [-0.4, -0.2) is 31.1 Å². The molecular formula is C21H16Cl2FNO4. The van der Waals surface area contributed by atoms with E-state index in [0.29, 0.717) is 35.2 Å². The summed E-state index contributed by atoms with van der Waals surface area (Å²) >= 11 is 12.2. The third kappa shape index (κ3) is 3.41. The van der Waals surface area contributed by atoms with Crippen LogP contribution in [0.1, 0.15) is 34.1 Å². The van der Waals surface area contributed by atoms with Gasteiger partial charge in [0.25, 0.3) is 5.91 Å². The van der Waals surface area contributed by atoms with Gasteiger partial charge in [0.05, 0.1) is 27.0 Å².